The average molecular weight is 793 g/mol. The van der Waals surface area contributed by atoms with Gasteiger partial charge in [-0.05, 0) is 83.5 Å². The third-order valence-corrected chi connectivity index (χ3v) is 8.97. The fourth-order valence-corrected chi connectivity index (χ4v) is 5.67. The highest BCUT2D eigenvalue weighted by atomic mass is 31.2. The maximum absolute atomic E-state index is 12.6. The van der Waals surface area contributed by atoms with E-state index in [-0.39, 0.29) is 19.4 Å². The lowest BCUT2D eigenvalue weighted by atomic mass is 10.1. The Morgan fingerprint density at radius 1 is 0.564 bits per heavy atom. The van der Waals surface area contributed by atoms with Crippen molar-refractivity contribution >= 4 is 19.8 Å². The zero-order valence-corrected chi connectivity index (χ0v) is 34.7. The molecule has 0 bridgehead atoms. The number of esters is 2. The van der Waals surface area contributed by atoms with Crippen LogP contribution in [-0.2, 0) is 32.7 Å². The lowest BCUT2D eigenvalue weighted by molar-refractivity contribution is -0.161. The molecule has 0 spiro atoms. The van der Waals surface area contributed by atoms with E-state index in [9.17, 15) is 24.2 Å². The van der Waals surface area contributed by atoms with Crippen molar-refractivity contribution in [3.63, 3.8) is 0 Å². The van der Waals surface area contributed by atoms with Crippen LogP contribution >= 0.6 is 7.82 Å². The first-order valence-electron chi connectivity index (χ1n) is 20.5. The number of phosphoric acid groups is 1. The molecule has 0 aromatic heterocycles. The predicted octanol–water partition coefficient (Wildman–Crippen LogP) is 10.7. The van der Waals surface area contributed by atoms with Gasteiger partial charge in [-0.3, -0.25) is 18.6 Å². The number of rotatable bonds is 37. The number of allylic oxidation sites excluding steroid dienone is 14. The molecule has 0 rings (SSSR count). The van der Waals surface area contributed by atoms with Crippen molar-refractivity contribution in [2.75, 3.05) is 26.4 Å². The van der Waals surface area contributed by atoms with E-state index in [0.717, 1.165) is 96.3 Å². The van der Waals surface area contributed by atoms with Crippen molar-refractivity contribution in [1.29, 1.82) is 0 Å². The van der Waals surface area contributed by atoms with Gasteiger partial charge in [0.25, 0.3) is 0 Å². The molecule has 0 aliphatic rings. The van der Waals surface area contributed by atoms with Gasteiger partial charge in [-0.25, -0.2) is 4.57 Å². The van der Waals surface area contributed by atoms with Crippen LogP contribution in [0.5, 0.6) is 0 Å². The molecular formula is C44H73O10P. The molecule has 0 fully saturated rings. The second-order valence-electron chi connectivity index (χ2n) is 13.3. The Kier molecular flexibility index (Phi) is 37.3. The monoisotopic (exact) mass is 792 g/mol. The van der Waals surface area contributed by atoms with Crippen molar-refractivity contribution in [1.82, 2.24) is 0 Å². The number of hydrogen-bond acceptors (Lipinski definition) is 9. The summed E-state index contributed by atoms with van der Waals surface area (Å²) in [7, 11) is -4.63. The first-order valence-corrected chi connectivity index (χ1v) is 22.0. The van der Waals surface area contributed by atoms with Gasteiger partial charge in [0.05, 0.1) is 19.8 Å². The second kappa shape index (κ2) is 39.4. The molecule has 0 aliphatic heterocycles. The molecule has 0 aromatic carbocycles. The van der Waals surface area contributed by atoms with Crippen molar-refractivity contribution < 1.29 is 47.8 Å². The molecule has 0 amide bonds. The lowest BCUT2D eigenvalue weighted by Crippen LogP contribution is -2.29. The van der Waals surface area contributed by atoms with Crippen LogP contribution in [0.3, 0.4) is 0 Å². The Bertz CT molecular complexity index is 1190. The molecule has 0 saturated carbocycles. The Balaban J connectivity index is 4.44. The molecule has 3 N–H and O–H groups in total. The molecule has 55 heavy (non-hydrogen) atoms. The smallest absolute Gasteiger partial charge is 0.462 e. The van der Waals surface area contributed by atoms with Crippen molar-refractivity contribution in [2.45, 2.75) is 154 Å². The zero-order valence-electron chi connectivity index (χ0n) is 33.9. The van der Waals surface area contributed by atoms with E-state index in [2.05, 4.69) is 103 Å². The number of carbonyl (C=O) groups is 2. The average Bonchev–Trinajstić information content (AvgIpc) is 3.17. The van der Waals surface area contributed by atoms with E-state index >= 15 is 0 Å². The summed E-state index contributed by atoms with van der Waals surface area (Å²) in [5, 5.41) is 18.3. The Hall–Kier alpha value is -2.85. The van der Waals surface area contributed by atoms with Gasteiger partial charge in [-0.1, -0.05) is 131 Å². The van der Waals surface area contributed by atoms with Gasteiger partial charge < -0.3 is 24.6 Å². The van der Waals surface area contributed by atoms with Gasteiger partial charge in [0.1, 0.15) is 12.7 Å². The quantitative estimate of drug-likeness (QED) is 0.0240. The summed E-state index contributed by atoms with van der Waals surface area (Å²) in [5.41, 5.74) is 0. The van der Waals surface area contributed by atoms with Gasteiger partial charge in [0, 0.05) is 12.8 Å². The van der Waals surface area contributed by atoms with E-state index in [1.807, 2.05) is 0 Å². The van der Waals surface area contributed by atoms with Gasteiger partial charge in [-0.2, -0.15) is 0 Å². The van der Waals surface area contributed by atoms with Crippen LogP contribution in [0, 0.1) is 0 Å². The number of aliphatic hydroxyl groups is 2. The molecule has 0 aromatic rings. The molecule has 0 aliphatic carbocycles. The van der Waals surface area contributed by atoms with Gasteiger partial charge >= 0.3 is 19.8 Å². The maximum atomic E-state index is 12.6. The number of aliphatic hydroxyl groups excluding tert-OH is 2. The molecule has 10 nitrogen and oxygen atoms in total. The summed E-state index contributed by atoms with van der Waals surface area (Å²) in [5.74, 6) is -0.991. The summed E-state index contributed by atoms with van der Waals surface area (Å²) in [4.78, 5) is 34.9. The summed E-state index contributed by atoms with van der Waals surface area (Å²) in [6.45, 7) is 2.11. The van der Waals surface area contributed by atoms with Crippen LogP contribution < -0.4 is 0 Å². The molecule has 11 heteroatoms. The molecule has 1 unspecified atom stereocenters. The fourth-order valence-electron chi connectivity index (χ4n) is 4.88. The minimum Gasteiger partial charge on any atom is -0.462 e. The summed E-state index contributed by atoms with van der Waals surface area (Å²) in [6, 6.07) is 0. The topological polar surface area (TPSA) is 149 Å². The number of carbonyl (C=O) groups excluding carboxylic acids is 2. The third kappa shape index (κ3) is 39.2. The van der Waals surface area contributed by atoms with E-state index < -0.39 is 51.8 Å². The molecule has 0 heterocycles. The lowest BCUT2D eigenvalue weighted by Gasteiger charge is -2.20. The Morgan fingerprint density at radius 3 is 1.53 bits per heavy atom. The van der Waals surface area contributed by atoms with E-state index in [1.54, 1.807) is 0 Å². The highest BCUT2D eigenvalue weighted by Gasteiger charge is 2.27. The van der Waals surface area contributed by atoms with Crippen molar-refractivity contribution in [3.05, 3.63) is 85.1 Å². The standard InChI is InChI=1S/C44H73O10P/c1-3-5-7-9-11-13-15-17-19-20-22-24-26-28-30-32-34-36-44(48)54-42(40-53-55(49,50)52-38-41(46)37-45)39-51-43(47)35-33-31-29-27-25-23-21-18-16-14-12-10-8-6-4-2/h6-9,12-15,18-21,24,26,41-42,45-46H,3-5,10-11,16-17,22-23,25,27-40H2,1-2H3,(H,49,50)/b8-6+,9-7+,14-12+,15-13+,20-19+,21-18+,26-24+/t41-,42+/m0/s1. The molecule has 314 valence electrons. The van der Waals surface area contributed by atoms with Crippen LogP contribution in [0.1, 0.15) is 142 Å². The number of phosphoric ester groups is 1. The van der Waals surface area contributed by atoms with Crippen LogP contribution in [0.15, 0.2) is 85.1 Å². The molecule has 0 radical (unpaired) electrons. The van der Waals surface area contributed by atoms with E-state index in [4.69, 9.17) is 19.1 Å². The molecular weight excluding hydrogens is 719 g/mol. The second-order valence-corrected chi connectivity index (χ2v) is 14.7. The SMILES string of the molecule is CC/C=C/C/C=C/C/C=C/CCCCCCCC(=O)OC[C@H](COP(=O)(O)OC[C@@H](O)CO)OC(=O)CCCCC/C=C/C/C=C/C/C=C/C/C=C/CCC. The molecule has 0 saturated heterocycles. The Labute approximate surface area is 332 Å². The largest absolute Gasteiger partial charge is 0.472 e. The van der Waals surface area contributed by atoms with Crippen LogP contribution in [0.2, 0.25) is 0 Å². The number of ether oxygens (including phenoxy) is 2. The highest BCUT2D eigenvalue weighted by Crippen LogP contribution is 2.43. The molecule has 3 atom stereocenters. The predicted molar refractivity (Wildman–Crippen MR) is 223 cm³/mol. The minimum absolute atomic E-state index is 0.137. The normalized spacial score (nSPS) is 14.8. The van der Waals surface area contributed by atoms with Crippen LogP contribution in [0.4, 0.5) is 0 Å². The van der Waals surface area contributed by atoms with Gasteiger partial charge in [0.15, 0.2) is 6.10 Å². The highest BCUT2D eigenvalue weighted by molar-refractivity contribution is 7.47. The van der Waals surface area contributed by atoms with Crippen molar-refractivity contribution in [2.24, 2.45) is 0 Å². The van der Waals surface area contributed by atoms with E-state index in [1.165, 1.54) is 6.42 Å². The number of unbranched alkanes of at least 4 members (excludes halogenated alkanes) is 9. The number of hydrogen-bond donors (Lipinski definition) is 3. The van der Waals surface area contributed by atoms with Crippen molar-refractivity contribution in [3.8, 4) is 0 Å². The first kappa shape index (κ1) is 52.2. The maximum Gasteiger partial charge on any atom is 0.472 e. The van der Waals surface area contributed by atoms with E-state index in [0.29, 0.717) is 12.8 Å². The van der Waals surface area contributed by atoms with Crippen LogP contribution in [0.25, 0.3) is 0 Å². The summed E-state index contributed by atoms with van der Waals surface area (Å²) in [6.07, 6.45) is 45.5. The zero-order chi connectivity index (χ0) is 40.5. The summed E-state index contributed by atoms with van der Waals surface area (Å²) >= 11 is 0. The van der Waals surface area contributed by atoms with Gasteiger partial charge in [-0.15, -0.1) is 0 Å². The van der Waals surface area contributed by atoms with Crippen LogP contribution in [-0.4, -0.2) is 65.7 Å². The first-order chi connectivity index (χ1) is 26.7. The minimum atomic E-state index is -4.63. The Morgan fingerprint density at radius 2 is 1.00 bits per heavy atom. The third-order valence-electron chi connectivity index (χ3n) is 8.01. The summed E-state index contributed by atoms with van der Waals surface area (Å²) < 4.78 is 32.6. The fraction of sp³-hybridized carbons (Fsp3) is 0.636. The van der Waals surface area contributed by atoms with Gasteiger partial charge in [0.2, 0.25) is 0 Å².